The minimum atomic E-state index is -3.53. The van der Waals surface area contributed by atoms with Crippen molar-refractivity contribution in [1.29, 1.82) is 0 Å². The van der Waals surface area contributed by atoms with E-state index in [0.29, 0.717) is 28.3 Å². The summed E-state index contributed by atoms with van der Waals surface area (Å²) in [6, 6.07) is 5.26. The van der Waals surface area contributed by atoms with E-state index in [0.717, 1.165) is 12.8 Å². The number of aryl methyl sites for hydroxylation is 2. The van der Waals surface area contributed by atoms with E-state index < -0.39 is 10.0 Å². The van der Waals surface area contributed by atoms with E-state index in [1.54, 1.807) is 38.1 Å². The van der Waals surface area contributed by atoms with Gasteiger partial charge in [-0.25, -0.2) is 13.1 Å². The molecule has 1 aliphatic carbocycles. The maximum atomic E-state index is 12.5. The highest BCUT2D eigenvalue weighted by Gasteiger charge is 2.28. The third-order valence-corrected chi connectivity index (χ3v) is 5.68. The number of carbonyl (C=O) groups excluding carboxylic acids is 1. The number of aromatic nitrogens is 1. The van der Waals surface area contributed by atoms with E-state index in [9.17, 15) is 13.2 Å². The Balaban J connectivity index is 1.88. The van der Waals surface area contributed by atoms with Gasteiger partial charge in [-0.15, -0.1) is 0 Å². The van der Waals surface area contributed by atoms with E-state index >= 15 is 0 Å². The van der Waals surface area contributed by atoms with Crippen molar-refractivity contribution >= 4 is 33.8 Å². The SMILES string of the molecule is CC(=O)Nc1c(C)noc1C=Cc1ccc(C)c(S(=O)(=O)NC2CC2)c1. The molecule has 1 aromatic heterocycles. The summed E-state index contributed by atoms with van der Waals surface area (Å²) in [6.45, 7) is 4.90. The van der Waals surface area contributed by atoms with Gasteiger partial charge in [0, 0.05) is 13.0 Å². The van der Waals surface area contributed by atoms with Gasteiger partial charge in [-0.1, -0.05) is 23.4 Å². The molecule has 26 heavy (non-hydrogen) atoms. The summed E-state index contributed by atoms with van der Waals surface area (Å²) in [5, 5.41) is 6.52. The third kappa shape index (κ3) is 4.20. The van der Waals surface area contributed by atoms with E-state index in [1.165, 1.54) is 6.92 Å². The van der Waals surface area contributed by atoms with Gasteiger partial charge in [0.25, 0.3) is 0 Å². The van der Waals surface area contributed by atoms with Crippen LogP contribution in [0.3, 0.4) is 0 Å². The number of nitrogens with zero attached hydrogens (tertiary/aromatic N) is 1. The Bertz CT molecular complexity index is 972. The summed E-state index contributed by atoms with van der Waals surface area (Å²) < 4.78 is 32.9. The molecule has 0 spiro atoms. The number of sulfonamides is 1. The van der Waals surface area contributed by atoms with E-state index in [2.05, 4.69) is 15.2 Å². The number of carbonyl (C=O) groups is 1. The molecule has 1 amide bonds. The molecule has 0 aliphatic heterocycles. The molecular formula is C18H21N3O4S. The smallest absolute Gasteiger partial charge is 0.241 e. The molecule has 1 fully saturated rings. The number of amides is 1. The third-order valence-electron chi connectivity index (χ3n) is 4.02. The standard InChI is InChI=1S/C18H21N3O4S/c1-11-4-5-14(10-17(11)26(23,24)21-15-7-8-15)6-9-16-18(19-13(3)22)12(2)20-25-16/h4-6,9-10,15,21H,7-8H2,1-3H3,(H,19,22). The molecule has 138 valence electrons. The fourth-order valence-electron chi connectivity index (χ4n) is 2.49. The fraction of sp³-hybridized carbons (Fsp3) is 0.333. The molecule has 1 aromatic carbocycles. The Hall–Kier alpha value is -2.45. The van der Waals surface area contributed by atoms with Crippen LogP contribution in [-0.4, -0.2) is 25.5 Å². The van der Waals surface area contributed by atoms with Crippen molar-refractivity contribution in [1.82, 2.24) is 9.88 Å². The second-order valence-electron chi connectivity index (χ2n) is 6.44. The van der Waals surface area contributed by atoms with Gasteiger partial charge >= 0.3 is 0 Å². The van der Waals surface area contributed by atoms with Gasteiger partial charge in [0.1, 0.15) is 11.4 Å². The average Bonchev–Trinajstić information content (AvgIpc) is 3.30. The van der Waals surface area contributed by atoms with Crippen LogP contribution in [0.1, 0.15) is 42.3 Å². The van der Waals surface area contributed by atoms with Crippen LogP contribution in [0.25, 0.3) is 12.2 Å². The molecule has 7 nitrogen and oxygen atoms in total. The van der Waals surface area contributed by atoms with Gasteiger partial charge in [0.2, 0.25) is 15.9 Å². The second-order valence-corrected chi connectivity index (χ2v) is 8.12. The predicted octanol–water partition coefficient (Wildman–Crippen LogP) is 2.86. The maximum Gasteiger partial charge on any atom is 0.241 e. The molecule has 1 aliphatic rings. The van der Waals surface area contributed by atoms with Crippen molar-refractivity contribution in [2.75, 3.05) is 5.32 Å². The van der Waals surface area contributed by atoms with E-state index in [1.807, 2.05) is 6.07 Å². The van der Waals surface area contributed by atoms with Gasteiger partial charge < -0.3 is 9.84 Å². The van der Waals surface area contributed by atoms with Crippen LogP contribution in [0.5, 0.6) is 0 Å². The molecule has 2 aromatic rings. The molecule has 0 unspecified atom stereocenters. The number of anilines is 1. The molecule has 0 atom stereocenters. The van der Waals surface area contributed by atoms with Crippen molar-refractivity contribution in [2.45, 2.75) is 44.6 Å². The van der Waals surface area contributed by atoms with Crippen LogP contribution in [0.15, 0.2) is 27.6 Å². The summed E-state index contributed by atoms with van der Waals surface area (Å²) in [4.78, 5) is 11.6. The summed E-state index contributed by atoms with van der Waals surface area (Å²) in [6.07, 6.45) is 5.14. The number of benzene rings is 1. The van der Waals surface area contributed by atoms with Gasteiger partial charge in [-0.3, -0.25) is 4.79 Å². The first-order valence-corrected chi connectivity index (χ1v) is 9.79. The quantitative estimate of drug-likeness (QED) is 0.808. The minimum absolute atomic E-state index is 0.0518. The molecule has 3 rings (SSSR count). The van der Waals surface area contributed by atoms with E-state index in [-0.39, 0.29) is 16.8 Å². The summed E-state index contributed by atoms with van der Waals surface area (Å²) in [5.74, 6) is 0.180. The van der Waals surface area contributed by atoms with Crippen LogP contribution >= 0.6 is 0 Å². The number of nitrogens with one attached hydrogen (secondary N) is 2. The first kappa shape index (κ1) is 18.3. The first-order valence-electron chi connectivity index (χ1n) is 8.31. The largest absolute Gasteiger partial charge is 0.354 e. The maximum absolute atomic E-state index is 12.5. The highest BCUT2D eigenvalue weighted by molar-refractivity contribution is 7.89. The van der Waals surface area contributed by atoms with Crippen molar-refractivity contribution in [3.05, 3.63) is 40.8 Å². The fourth-order valence-corrected chi connectivity index (χ4v) is 4.08. The zero-order valence-electron chi connectivity index (χ0n) is 14.9. The van der Waals surface area contributed by atoms with Gasteiger partial charge in [0.15, 0.2) is 5.76 Å². The lowest BCUT2D eigenvalue weighted by molar-refractivity contribution is -0.114. The van der Waals surface area contributed by atoms with Crippen molar-refractivity contribution < 1.29 is 17.7 Å². The molecule has 1 heterocycles. The molecule has 2 N–H and O–H groups in total. The summed E-state index contributed by atoms with van der Waals surface area (Å²) >= 11 is 0. The second kappa shape index (κ2) is 7.05. The average molecular weight is 375 g/mol. The van der Waals surface area contributed by atoms with Crippen molar-refractivity contribution in [2.24, 2.45) is 0 Å². The van der Waals surface area contributed by atoms with Gasteiger partial charge in [-0.05, 0) is 50.0 Å². The molecule has 0 radical (unpaired) electrons. The van der Waals surface area contributed by atoms with Crippen molar-refractivity contribution in [3.63, 3.8) is 0 Å². The monoisotopic (exact) mass is 375 g/mol. The Kier molecular flexibility index (Phi) is 4.97. The zero-order valence-corrected chi connectivity index (χ0v) is 15.7. The lowest BCUT2D eigenvalue weighted by atomic mass is 10.1. The molecular weight excluding hydrogens is 354 g/mol. The normalized spacial score (nSPS) is 14.7. The van der Waals surface area contributed by atoms with Crippen LogP contribution in [0.2, 0.25) is 0 Å². The lowest BCUT2D eigenvalue weighted by Gasteiger charge is -2.09. The highest BCUT2D eigenvalue weighted by Crippen LogP contribution is 2.26. The Morgan fingerprint density at radius 3 is 2.65 bits per heavy atom. The highest BCUT2D eigenvalue weighted by atomic mass is 32.2. The predicted molar refractivity (Wildman–Crippen MR) is 99.0 cm³/mol. The van der Waals surface area contributed by atoms with Crippen LogP contribution in [0.4, 0.5) is 5.69 Å². The van der Waals surface area contributed by atoms with Gasteiger partial charge in [-0.2, -0.15) is 0 Å². The Morgan fingerprint density at radius 1 is 1.27 bits per heavy atom. The van der Waals surface area contributed by atoms with Crippen LogP contribution < -0.4 is 10.0 Å². The van der Waals surface area contributed by atoms with Crippen LogP contribution in [0, 0.1) is 13.8 Å². The molecule has 0 bridgehead atoms. The zero-order chi connectivity index (χ0) is 18.9. The Morgan fingerprint density at radius 2 is 2.00 bits per heavy atom. The topological polar surface area (TPSA) is 101 Å². The van der Waals surface area contributed by atoms with Crippen molar-refractivity contribution in [3.8, 4) is 0 Å². The molecule has 0 saturated heterocycles. The number of hydrogen-bond donors (Lipinski definition) is 2. The van der Waals surface area contributed by atoms with Gasteiger partial charge in [0.05, 0.1) is 4.90 Å². The van der Waals surface area contributed by atoms with E-state index in [4.69, 9.17) is 4.52 Å². The minimum Gasteiger partial charge on any atom is -0.354 e. The number of rotatable bonds is 6. The molecule has 1 saturated carbocycles. The molecule has 8 heteroatoms. The lowest BCUT2D eigenvalue weighted by Crippen LogP contribution is -2.26. The number of hydrogen-bond acceptors (Lipinski definition) is 5. The summed E-state index contributed by atoms with van der Waals surface area (Å²) in [7, 11) is -3.53. The summed E-state index contributed by atoms with van der Waals surface area (Å²) in [5.41, 5.74) is 2.46. The Labute approximate surface area is 152 Å². The van der Waals surface area contributed by atoms with Crippen LogP contribution in [-0.2, 0) is 14.8 Å². The first-order chi connectivity index (χ1) is 12.3.